The molecule has 0 spiro atoms. The third kappa shape index (κ3) is 4.93. The predicted molar refractivity (Wildman–Crippen MR) is 89.4 cm³/mol. The van der Waals surface area contributed by atoms with E-state index in [2.05, 4.69) is 25.2 Å². The molecule has 0 bridgehead atoms. The summed E-state index contributed by atoms with van der Waals surface area (Å²) >= 11 is 0. The van der Waals surface area contributed by atoms with Crippen molar-refractivity contribution in [1.29, 1.82) is 0 Å². The van der Waals surface area contributed by atoms with Crippen molar-refractivity contribution in [3.05, 3.63) is 29.3 Å². The van der Waals surface area contributed by atoms with Crippen LogP contribution >= 0.6 is 0 Å². The maximum absolute atomic E-state index is 12.3. The monoisotopic (exact) mass is 304 g/mol. The summed E-state index contributed by atoms with van der Waals surface area (Å²) in [6.07, 6.45) is 4.34. The molecule has 4 nitrogen and oxygen atoms in total. The van der Waals surface area contributed by atoms with Crippen LogP contribution in [-0.2, 0) is 6.42 Å². The fraction of sp³-hybridized carbons (Fsp3) is 0.611. The number of carbonyl (C=O) groups is 1. The molecule has 1 aromatic carbocycles. The molecule has 2 rings (SSSR count). The van der Waals surface area contributed by atoms with Gasteiger partial charge in [0.25, 0.3) is 0 Å². The molecule has 22 heavy (non-hydrogen) atoms. The van der Waals surface area contributed by atoms with Gasteiger partial charge in [0.15, 0.2) is 0 Å². The molecule has 1 aliphatic rings. The molecule has 0 radical (unpaired) electrons. The van der Waals surface area contributed by atoms with Crippen LogP contribution in [0.15, 0.2) is 18.2 Å². The summed E-state index contributed by atoms with van der Waals surface area (Å²) in [5.74, 6) is 1.62. The maximum atomic E-state index is 12.3. The van der Waals surface area contributed by atoms with E-state index in [9.17, 15) is 4.79 Å². The average Bonchev–Trinajstić information content (AvgIpc) is 3.31. The number of nitrogens with zero attached hydrogens (tertiary/aromatic N) is 1. The number of benzene rings is 1. The topological polar surface area (TPSA) is 41.6 Å². The molecule has 2 amide bonds. The molecule has 4 heteroatoms. The third-order valence-electron chi connectivity index (χ3n) is 4.06. The van der Waals surface area contributed by atoms with Gasteiger partial charge in [0.2, 0.25) is 0 Å². The van der Waals surface area contributed by atoms with Crippen LogP contribution in [0.25, 0.3) is 0 Å². The van der Waals surface area contributed by atoms with Crippen molar-refractivity contribution in [1.82, 2.24) is 10.2 Å². The van der Waals surface area contributed by atoms with Crippen molar-refractivity contribution in [2.24, 2.45) is 5.92 Å². The van der Waals surface area contributed by atoms with E-state index in [1.165, 1.54) is 18.4 Å². The third-order valence-corrected chi connectivity index (χ3v) is 4.06. The van der Waals surface area contributed by atoms with Crippen LogP contribution in [-0.4, -0.2) is 37.7 Å². The van der Waals surface area contributed by atoms with Crippen molar-refractivity contribution >= 4 is 6.03 Å². The van der Waals surface area contributed by atoms with Crippen LogP contribution in [0.3, 0.4) is 0 Å². The standard InChI is InChI=1S/C18H28N2O2/c1-4-11-20(13-15-6-7-15)18(21)19-10-9-16-12-14(2)5-8-17(16)22-3/h5,8,12,15H,4,6-7,9-11,13H2,1-3H3,(H,19,21). The molecule has 0 aliphatic heterocycles. The zero-order valence-corrected chi connectivity index (χ0v) is 14.0. The molecule has 1 aromatic rings. The van der Waals surface area contributed by atoms with Gasteiger partial charge in [0, 0.05) is 19.6 Å². The number of ether oxygens (including phenoxy) is 1. The fourth-order valence-electron chi connectivity index (χ4n) is 2.68. The van der Waals surface area contributed by atoms with E-state index in [0.29, 0.717) is 6.54 Å². The zero-order valence-electron chi connectivity index (χ0n) is 14.0. The Labute approximate surface area is 133 Å². The largest absolute Gasteiger partial charge is 0.496 e. The predicted octanol–water partition coefficient (Wildman–Crippen LogP) is 3.38. The van der Waals surface area contributed by atoms with E-state index < -0.39 is 0 Å². The molecule has 0 atom stereocenters. The molecule has 0 unspecified atom stereocenters. The molecule has 1 N–H and O–H groups in total. The summed E-state index contributed by atoms with van der Waals surface area (Å²) < 4.78 is 5.38. The Kier molecular flexibility index (Phi) is 6.10. The minimum atomic E-state index is 0.0698. The van der Waals surface area contributed by atoms with E-state index in [1.807, 2.05) is 17.0 Å². The molecular weight excluding hydrogens is 276 g/mol. The van der Waals surface area contributed by atoms with E-state index >= 15 is 0 Å². The number of nitrogens with one attached hydrogen (secondary N) is 1. The lowest BCUT2D eigenvalue weighted by Gasteiger charge is -2.22. The number of rotatable bonds is 8. The van der Waals surface area contributed by atoms with Crippen molar-refractivity contribution in [3.8, 4) is 5.75 Å². The Morgan fingerprint density at radius 3 is 2.82 bits per heavy atom. The van der Waals surface area contributed by atoms with Crippen molar-refractivity contribution < 1.29 is 9.53 Å². The van der Waals surface area contributed by atoms with E-state index in [-0.39, 0.29) is 6.03 Å². The van der Waals surface area contributed by atoms with Crippen LogP contribution < -0.4 is 10.1 Å². The first-order valence-corrected chi connectivity index (χ1v) is 8.30. The summed E-state index contributed by atoms with van der Waals surface area (Å²) in [6, 6.07) is 6.22. The van der Waals surface area contributed by atoms with Gasteiger partial charge in [0.05, 0.1) is 7.11 Å². The normalized spacial score (nSPS) is 13.8. The van der Waals surface area contributed by atoms with Gasteiger partial charge in [-0.05, 0) is 50.2 Å². The minimum absolute atomic E-state index is 0.0698. The van der Waals surface area contributed by atoms with Gasteiger partial charge in [-0.25, -0.2) is 4.79 Å². The number of hydrogen-bond acceptors (Lipinski definition) is 2. The summed E-state index contributed by atoms with van der Waals surface area (Å²) in [5, 5.41) is 3.05. The van der Waals surface area contributed by atoms with Crippen LogP contribution in [0.5, 0.6) is 5.75 Å². The Morgan fingerprint density at radius 2 is 2.18 bits per heavy atom. The average molecular weight is 304 g/mol. The van der Waals surface area contributed by atoms with Crippen molar-refractivity contribution in [2.45, 2.75) is 39.5 Å². The lowest BCUT2D eigenvalue weighted by atomic mass is 10.1. The molecule has 1 fully saturated rings. The number of amides is 2. The molecule has 122 valence electrons. The molecule has 1 aliphatic carbocycles. The molecule has 1 saturated carbocycles. The number of urea groups is 1. The zero-order chi connectivity index (χ0) is 15.9. The SMILES string of the molecule is CCCN(CC1CC1)C(=O)NCCc1cc(C)ccc1OC. The van der Waals surface area contributed by atoms with Crippen LogP contribution in [0, 0.1) is 12.8 Å². The summed E-state index contributed by atoms with van der Waals surface area (Å²) in [5.41, 5.74) is 2.36. The summed E-state index contributed by atoms with van der Waals surface area (Å²) in [7, 11) is 1.69. The minimum Gasteiger partial charge on any atom is -0.496 e. The highest BCUT2D eigenvalue weighted by Crippen LogP contribution is 2.29. The molecular formula is C18H28N2O2. The molecule has 0 aromatic heterocycles. The second-order valence-corrected chi connectivity index (χ2v) is 6.19. The van der Waals surface area contributed by atoms with Gasteiger partial charge in [0.1, 0.15) is 5.75 Å². The highest BCUT2D eigenvalue weighted by molar-refractivity contribution is 5.74. The van der Waals surface area contributed by atoms with E-state index in [0.717, 1.165) is 43.2 Å². The van der Waals surface area contributed by atoms with Gasteiger partial charge in [-0.2, -0.15) is 0 Å². The van der Waals surface area contributed by atoms with Crippen molar-refractivity contribution in [3.63, 3.8) is 0 Å². The second-order valence-electron chi connectivity index (χ2n) is 6.19. The first-order chi connectivity index (χ1) is 10.6. The van der Waals surface area contributed by atoms with Crippen LogP contribution in [0.4, 0.5) is 4.79 Å². The van der Waals surface area contributed by atoms with E-state index in [1.54, 1.807) is 7.11 Å². The van der Waals surface area contributed by atoms with Gasteiger partial charge < -0.3 is 15.0 Å². The highest BCUT2D eigenvalue weighted by Gasteiger charge is 2.26. The first kappa shape index (κ1) is 16.7. The Bertz CT molecular complexity index is 498. The number of hydrogen-bond donors (Lipinski definition) is 1. The quantitative estimate of drug-likeness (QED) is 0.800. The Hall–Kier alpha value is -1.71. The van der Waals surface area contributed by atoms with Gasteiger partial charge >= 0.3 is 6.03 Å². The van der Waals surface area contributed by atoms with Crippen molar-refractivity contribution in [2.75, 3.05) is 26.7 Å². The smallest absolute Gasteiger partial charge is 0.317 e. The van der Waals surface area contributed by atoms with Crippen LogP contribution in [0.1, 0.15) is 37.3 Å². The lowest BCUT2D eigenvalue weighted by Crippen LogP contribution is -2.42. The first-order valence-electron chi connectivity index (χ1n) is 8.30. The van der Waals surface area contributed by atoms with Crippen LogP contribution in [0.2, 0.25) is 0 Å². The maximum Gasteiger partial charge on any atom is 0.317 e. The van der Waals surface area contributed by atoms with Gasteiger partial charge in [-0.3, -0.25) is 0 Å². The number of methoxy groups -OCH3 is 1. The van der Waals surface area contributed by atoms with E-state index in [4.69, 9.17) is 4.74 Å². The summed E-state index contributed by atoms with van der Waals surface area (Å²) in [6.45, 7) is 6.58. The molecule has 0 saturated heterocycles. The fourth-order valence-corrected chi connectivity index (χ4v) is 2.68. The second kappa shape index (κ2) is 8.06. The number of carbonyl (C=O) groups excluding carboxylic acids is 1. The summed E-state index contributed by atoms with van der Waals surface area (Å²) in [4.78, 5) is 14.3. The Morgan fingerprint density at radius 1 is 1.41 bits per heavy atom. The van der Waals surface area contributed by atoms with Gasteiger partial charge in [-0.15, -0.1) is 0 Å². The Balaban J connectivity index is 1.83. The molecule has 0 heterocycles. The lowest BCUT2D eigenvalue weighted by molar-refractivity contribution is 0.195. The highest BCUT2D eigenvalue weighted by atomic mass is 16.5. The van der Waals surface area contributed by atoms with Gasteiger partial charge in [-0.1, -0.05) is 24.6 Å². The number of aryl methyl sites for hydroxylation is 1.